The highest BCUT2D eigenvalue weighted by molar-refractivity contribution is 6.39. The molecule has 13 nitrogen and oxygen atoms in total. The first-order valence-corrected chi connectivity index (χ1v) is 18.4. The Hall–Kier alpha value is -4.98. The number of methoxy groups -OCH3 is 1. The van der Waals surface area contributed by atoms with Gasteiger partial charge in [0.25, 0.3) is 0 Å². The van der Waals surface area contributed by atoms with Gasteiger partial charge >= 0.3 is 6.09 Å². The fraction of sp³-hybridized carbons (Fsp3) is 0.385. The third-order valence-corrected chi connectivity index (χ3v) is 9.85. The number of aliphatic hydroxyl groups is 1. The van der Waals surface area contributed by atoms with Gasteiger partial charge in [-0.05, 0) is 64.8 Å². The van der Waals surface area contributed by atoms with Gasteiger partial charge in [0, 0.05) is 66.3 Å². The molecule has 0 atom stereocenters. The molecule has 6 rings (SSSR count). The second-order valence-electron chi connectivity index (χ2n) is 13.9. The van der Waals surface area contributed by atoms with E-state index in [1.165, 1.54) is 11.6 Å². The van der Waals surface area contributed by atoms with Gasteiger partial charge in [0.1, 0.15) is 12.2 Å². The van der Waals surface area contributed by atoms with Crippen LogP contribution in [0.25, 0.3) is 39.3 Å². The van der Waals surface area contributed by atoms with Crippen LogP contribution in [0.2, 0.25) is 10.0 Å². The summed E-state index contributed by atoms with van der Waals surface area (Å²) in [5.41, 5.74) is 4.09. The molecule has 0 saturated carbocycles. The number of likely N-dealkylation sites (tertiary alicyclic amines) is 1. The molecule has 0 radical (unpaired) electrons. The molecule has 1 N–H and O–H groups in total. The zero-order valence-electron chi connectivity index (χ0n) is 31.1. The lowest BCUT2D eigenvalue weighted by atomic mass is 9.99. The predicted octanol–water partition coefficient (Wildman–Crippen LogP) is 7.47. The van der Waals surface area contributed by atoms with Crippen molar-refractivity contribution in [1.29, 1.82) is 0 Å². The third-order valence-electron chi connectivity index (χ3n) is 9.06. The number of carbonyl (C=O) groups is 2. The molecule has 5 heterocycles. The molecule has 1 fully saturated rings. The Morgan fingerprint density at radius 2 is 1.74 bits per heavy atom. The number of piperidine rings is 1. The minimum absolute atomic E-state index is 0.0205. The highest BCUT2D eigenvalue weighted by Gasteiger charge is 2.33. The van der Waals surface area contributed by atoms with Crippen LogP contribution in [0.5, 0.6) is 11.6 Å². The van der Waals surface area contributed by atoms with Gasteiger partial charge in [-0.1, -0.05) is 41.4 Å². The van der Waals surface area contributed by atoms with Crippen molar-refractivity contribution in [2.45, 2.75) is 72.3 Å². The summed E-state index contributed by atoms with van der Waals surface area (Å²) < 4.78 is 19.0. The Labute approximate surface area is 323 Å². The Kier molecular flexibility index (Phi) is 11.6. The number of nitrogens with zero attached hydrogens (tertiary/aromatic N) is 7. The van der Waals surface area contributed by atoms with Crippen LogP contribution in [0.15, 0.2) is 54.9 Å². The molecule has 54 heavy (non-hydrogen) atoms. The SMILES string of the molecule is CCOc1cc(-c2nccc(-c3cccc(-c4ccc(CN(C(=O)OC(C)(C)C)C5CCN(C(C)=O)CC5)c(OC)n4)c3Cl)c2Cl)cn2nc(CO)nc12. The number of hydrogen-bond acceptors (Lipinski definition) is 10. The summed E-state index contributed by atoms with van der Waals surface area (Å²) in [4.78, 5) is 42.8. The molecule has 0 aliphatic carbocycles. The van der Waals surface area contributed by atoms with E-state index in [-0.39, 0.29) is 30.9 Å². The van der Waals surface area contributed by atoms with Crippen molar-refractivity contribution in [2.24, 2.45) is 0 Å². The van der Waals surface area contributed by atoms with Crippen LogP contribution in [0.4, 0.5) is 4.79 Å². The third kappa shape index (κ3) is 8.23. The first-order chi connectivity index (χ1) is 25.8. The van der Waals surface area contributed by atoms with E-state index >= 15 is 0 Å². The largest absolute Gasteiger partial charge is 0.490 e. The van der Waals surface area contributed by atoms with Crippen LogP contribution in [-0.2, 0) is 22.7 Å². The lowest BCUT2D eigenvalue weighted by molar-refractivity contribution is -0.130. The number of hydrogen-bond donors (Lipinski definition) is 1. The molecular weight excluding hydrogens is 733 g/mol. The highest BCUT2D eigenvalue weighted by Crippen LogP contribution is 2.42. The van der Waals surface area contributed by atoms with E-state index < -0.39 is 11.7 Å². The van der Waals surface area contributed by atoms with Gasteiger partial charge in [-0.15, -0.1) is 5.10 Å². The summed E-state index contributed by atoms with van der Waals surface area (Å²) >= 11 is 14.2. The van der Waals surface area contributed by atoms with Crippen LogP contribution >= 0.6 is 23.2 Å². The topological polar surface area (TPSA) is 145 Å². The molecular formula is C39H43Cl2N7O6. The maximum Gasteiger partial charge on any atom is 0.410 e. The molecule has 4 aromatic heterocycles. The number of halogens is 2. The van der Waals surface area contributed by atoms with Gasteiger partial charge in [0.05, 0.1) is 41.7 Å². The molecule has 0 bridgehead atoms. The molecule has 15 heteroatoms. The van der Waals surface area contributed by atoms with Crippen LogP contribution < -0.4 is 9.47 Å². The van der Waals surface area contributed by atoms with E-state index in [0.29, 0.717) is 99.1 Å². The average Bonchev–Trinajstić information content (AvgIpc) is 3.57. The fourth-order valence-electron chi connectivity index (χ4n) is 6.50. The highest BCUT2D eigenvalue weighted by atomic mass is 35.5. The number of aromatic nitrogens is 5. The Bertz CT molecular complexity index is 2180. The van der Waals surface area contributed by atoms with Crippen LogP contribution in [0.1, 0.15) is 58.8 Å². The fourth-order valence-corrected chi connectivity index (χ4v) is 7.15. The van der Waals surface area contributed by atoms with E-state index in [1.54, 1.807) is 41.2 Å². The van der Waals surface area contributed by atoms with Crippen molar-refractivity contribution < 1.29 is 28.9 Å². The number of rotatable bonds is 10. The first kappa shape index (κ1) is 38.7. The summed E-state index contributed by atoms with van der Waals surface area (Å²) in [6.45, 7) is 10.3. The van der Waals surface area contributed by atoms with Crippen molar-refractivity contribution in [2.75, 3.05) is 26.8 Å². The molecule has 0 spiro atoms. The Balaban J connectivity index is 1.32. The van der Waals surface area contributed by atoms with Crippen molar-refractivity contribution in [1.82, 2.24) is 34.4 Å². The number of fused-ring (bicyclic) bond motifs is 1. The lowest BCUT2D eigenvalue weighted by Crippen LogP contribution is -2.49. The number of ether oxygens (including phenoxy) is 3. The van der Waals surface area contributed by atoms with Gasteiger partial charge in [-0.25, -0.2) is 19.3 Å². The maximum absolute atomic E-state index is 13.5. The molecule has 2 amide bonds. The number of pyridine rings is 3. The number of benzene rings is 1. The zero-order valence-corrected chi connectivity index (χ0v) is 32.6. The van der Waals surface area contributed by atoms with Gasteiger partial charge in [0.2, 0.25) is 11.8 Å². The van der Waals surface area contributed by atoms with E-state index in [4.69, 9.17) is 42.4 Å². The van der Waals surface area contributed by atoms with E-state index in [0.717, 1.165) is 0 Å². The molecule has 284 valence electrons. The molecule has 0 unspecified atom stereocenters. The second kappa shape index (κ2) is 16.2. The average molecular weight is 777 g/mol. The summed E-state index contributed by atoms with van der Waals surface area (Å²) in [6, 6.07) is 12.8. The molecule has 1 aliphatic rings. The van der Waals surface area contributed by atoms with E-state index in [9.17, 15) is 14.7 Å². The lowest BCUT2D eigenvalue weighted by Gasteiger charge is -2.39. The quantitative estimate of drug-likeness (QED) is 0.152. The van der Waals surface area contributed by atoms with Crippen molar-refractivity contribution in [3.63, 3.8) is 0 Å². The van der Waals surface area contributed by atoms with Gasteiger partial charge in [0.15, 0.2) is 17.2 Å². The van der Waals surface area contributed by atoms with Crippen molar-refractivity contribution in [3.8, 4) is 45.3 Å². The zero-order chi connectivity index (χ0) is 38.7. The molecule has 1 aliphatic heterocycles. The maximum atomic E-state index is 13.5. The van der Waals surface area contributed by atoms with Crippen molar-refractivity contribution >= 4 is 40.8 Å². The molecule has 5 aromatic rings. The molecule has 1 aromatic carbocycles. The van der Waals surface area contributed by atoms with Gasteiger partial charge in [-0.2, -0.15) is 0 Å². The van der Waals surface area contributed by atoms with Gasteiger partial charge in [-0.3, -0.25) is 9.78 Å². The van der Waals surface area contributed by atoms with E-state index in [1.807, 2.05) is 58.0 Å². The van der Waals surface area contributed by atoms with Crippen LogP contribution in [0, 0.1) is 0 Å². The summed E-state index contributed by atoms with van der Waals surface area (Å²) in [7, 11) is 1.54. The predicted molar refractivity (Wildman–Crippen MR) is 206 cm³/mol. The number of aliphatic hydroxyl groups excluding tert-OH is 1. The van der Waals surface area contributed by atoms with E-state index in [2.05, 4.69) is 15.1 Å². The second-order valence-corrected chi connectivity index (χ2v) is 14.6. The Morgan fingerprint density at radius 3 is 2.41 bits per heavy atom. The minimum atomic E-state index is -0.691. The standard InChI is InChI=1S/C39H43Cl2N7O6/c1-7-53-31-19-25(21-48-36(31)44-32(22-49)45-48)35-34(41)28(13-16-42-35)27-9-8-10-29(33(27)40)30-12-11-24(37(43-30)52-6)20-47(38(51)54-39(3,4)5)26-14-17-46(18-15-26)23(2)50/h8-13,16,19,21,26,49H,7,14-15,17-18,20,22H2,1-6H3. The number of carbonyl (C=O) groups excluding carboxylic acids is 2. The Morgan fingerprint density at radius 1 is 1.02 bits per heavy atom. The first-order valence-electron chi connectivity index (χ1n) is 17.7. The normalized spacial score (nSPS) is 13.6. The van der Waals surface area contributed by atoms with Crippen LogP contribution in [-0.4, -0.2) is 89.9 Å². The smallest absolute Gasteiger partial charge is 0.410 e. The van der Waals surface area contributed by atoms with Crippen LogP contribution in [0.3, 0.4) is 0 Å². The van der Waals surface area contributed by atoms with Crippen molar-refractivity contribution in [3.05, 3.63) is 76.3 Å². The number of amides is 2. The minimum Gasteiger partial charge on any atom is -0.490 e. The molecule has 1 saturated heterocycles. The summed E-state index contributed by atoms with van der Waals surface area (Å²) in [6.07, 6.45) is 4.20. The summed E-state index contributed by atoms with van der Waals surface area (Å²) in [5.74, 6) is 1.09. The summed E-state index contributed by atoms with van der Waals surface area (Å²) in [5, 5.41) is 14.7. The monoisotopic (exact) mass is 775 g/mol. The van der Waals surface area contributed by atoms with Gasteiger partial charge < -0.3 is 29.1 Å².